The second-order valence-corrected chi connectivity index (χ2v) is 4.42. The van der Waals surface area contributed by atoms with Crippen molar-refractivity contribution in [3.05, 3.63) is 18.0 Å². The van der Waals surface area contributed by atoms with Crippen molar-refractivity contribution < 1.29 is 14.3 Å². The summed E-state index contributed by atoms with van der Waals surface area (Å²) in [7, 11) is 1.78. The number of hydrogen-bond donors (Lipinski definition) is 1. The summed E-state index contributed by atoms with van der Waals surface area (Å²) in [6, 6.07) is 1.63. The minimum Gasteiger partial charge on any atom is -0.461 e. The Hall–Kier alpha value is -1.49. The van der Waals surface area contributed by atoms with Crippen molar-refractivity contribution in [3.8, 4) is 0 Å². The van der Waals surface area contributed by atoms with Crippen LogP contribution in [0, 0.1) is 5.92 Å². The maximum Gasteiger partial charge on any atom is 0.355 e. The molecule has 0 aliphatic carbocycles. The highest BCUT2D eigenvalue weighted by molar-refractivity contribution is 5.89. The number of nitrogens with two attached hydrogens (primary N) is 1. The molecule has 0 spiro atoms. The second-order valence-electron chi connectivity index (χ2n) is 4.42. The summed E-state index contributed by atoms with van der Waals surface area (Å²) in [5, 5.41) is 0. The van der Waals surface area contributed by atoms with Crippen LogP contribution in [-0.4, -0.2) is 30.4 Å². The Bertz CT molecular complexity index is 394. The Kier molecular flexibility index (Phi) is 3.68. The summed E-state index contributed by atoms with van der Waals surface area (Å²) in [5.74, 6) is 0.112. The Morgan fingerprint density at radius 1 is 1.59 bits per heavy atom. The van der Waals surface area contributed by atoms with Gasteiger partial charge in [-0.25, -0.2) is 4.79 Å². The van der Waals surface area contributed by atoms with E-state index in [0.717, 1.165) is 26.1 Å². The van der Waals surface area contributed by atoms with Crippen LogP contribution < -0.4 is 5.73 Å². The van der Waals surface area contributed by atoms with Gasteiger partial charge in [-0.05, 0) is 24.8 Å². The van der Waals surface area contributed by atoms with E-state index in [2.05, 4.69) is 0 Å². The van der Waals surface area contributed by atoms with Crippen LogP contribution in [-0.2, 0) is 16.5 Å². The molecule has 1 aromatic heterocycles. The molecule has 0 atom stereocenters. The van der Waals surface area contributed by atoms with Gasteiger partial charge in [-0.3, -0.25) is 0 Å². The van der Waals surface area contributed by atoms with Gasteiger partial charge in [0.15, 0.2) is 0 Å². The molecule has 1 saturated heterocycles. The molecule has 1 aliphatic rings. The van der Waals surface area contributed by atoms with Crippen molar-refractivity contribution in [1.82, 2.24) is 4.57 Å². The summed E-state index contributed by atoms with van der Waals surface area (Å²) in [6.45, 7) is 1.99. The lowest BCUT2D eigenvalue weighted by Gasteiger charge is -2.21. The number of esters is 1. The predicted octanol–water partition coefficient (Wildman–Crippen LogP) is 1.19. The SMILES string of the molecule is Cn1cc(N)cc1C(=O)OCC1CCOCC1. The van der Waals surface area contributed by atoms with Gasteiger partial charge in [-0.2, -0.15) is 0 Å². The molecule has 1 fully saturated rings. The number of rotatable bonds is 3. The molecule has 0 unspecified atom stereocenters. The molecule has 0 aromatic carbocycles. The highest BCUT2D eigenvalue weighted by Gasteiger charge is 2.18. The lowest BCUT2D eigenvalue weighted by Crippen LogP contribution is -2.22. The Morgan fingerprint density at radius 3 is 2.88 bits per heavy atom. The third kappa shape index (κ3) is 3.00. The molecule has 2 N–H and O–H groups in total. The zero-order chi connectivity index (χ0) is 12.3. The van der Waals surface area contributed by atoms with Gasteiger partial charge in [-0.15, -0.1) is 0 Å². The number of aryl methyl sites for hydroxylation is 1. The zero-order valence-electron chi connectivity index (χ0n) is 10.0. The fourth-order valence-electron chi connectivity index (χ4n) is 1.97. The van der Waals surface area contributed by atoms with Gasteiger partial charge in [0.1, 0.15) is 5.69 Å². The molecule has 17 heavy (non-hydrogen) atoms. The highest BCUT2D eigenvalue weighted by atomic mass is 16.5. The molecule has 0 saturated carbocycles. The van der Waals surface area contributed by atoms with Crippen LogP contribution in [0.25, 0.3) is 0 Å². The number of nitrogens with zero attached hydrogens (tertiary/aromatic N) is 1. The highest BCUT2D eigenvalue weighted by Crippen LogP contribution is 2.16. The van der Waals surface area contributed by atoms with E-state index in [0.29, 0.717) is 23.9 Å². The van der Waals surface area contributed by atoms with Crippen molar-refractivity contribution in [2.45, 2.75) is 12.8 Å². The average Bonchev–Trinajstić information content (AvgIpc) is 2.67. The van der Waals surface area contributed by atoms with Crippen LogP contribution in [0.5, 0.6) is 0 Å². The van der Waals surface area contributed by atoms with Crippen LogP contribution >= 0.6 is 0 Å². The average molecular weight is 238 g/mol. The van der Waals surface area contributed by atoms with Crippen molar-refractivity contribution in [2.75, 3.05) is 25.6 Å². The first-order valence-corrected chi connectivity index (χ1v) is 5.83. The number of ether oxygens (including phenoxy) is 2. The third-order valence-corrected chi connectivity index (χ3v) is 3.03. The molecule has 2 rings (SSSR count). The molecule has 0 amide bonds. The number of carbonyl (C=O) groups is 1. The second kappa shape index (κ2) is 5.23. The van der Waals surface area contributed by atoms with Crippen molar-refractivity contribution >= 4 is 11.7 Å². The van der Waals surface area contributed by atoms with Crippen LogP contribution in [0.3, 0.4) is 0 Å². The molecule has 5 heteroatoms. The first-order chi connectivity index (χ1) is 8.16. The molecule has 1 aromatic rings. The number of aromatic nitrogens is 1. The largest absolute Gasteiger partial charge is 0.461 e. The Morgan fingerprint density at radius 2 is 2.29 bits per heavy atom. The molecule has 94 valence electrons. The smallest absolute Gasteiger partial charge is 0.355 e. The maximum absolute atomic E-state index is 11.8. The molecular formula is C12H18N2O3. The summed E-state index contributed by atoms with van der Waals surface area (Å²) >= 11 is 0. The number of hydrogen-bond acceptors (Lipinski definition) is 4. The normalized spacial score (nSPS) is 17.0. The van der Waals surface area contributed by atoms with E-state index < -0.39 is 0 Å². The molecule has 5 nitrogen and oxygen atoms in total. The van der Waals surface area contributed by atoms with Crippen LogP contribution in [0.2, 0.25) is 0 Å². The van der Waals surface area contributed by atoms with Crippen LogP contribution in [0.15, 0.2) is 12.3 Å². The number of nitrogen functional groups attached to an aromatic ring is 1. The summed E-state index contributed by atoms with van der Waals surface area (Å²) in [4.78, 5) is 11.8. The fourth-order valence-corrected chi connectivity index (χ4v) is 1.97. The van der Waals surface area contributed by atoms with E-state index in [1.54, 1.807) is 23.9 Å². The topological polar surface area (TPSA) is 66.5 Å². The van der Waals surface area contributed by atoms with Gasteiger partial charge in [0, 0.05) is 26.5 Å². The monoisotopic (exact) mass is 238 g/mol. The lowest BCUT2D eigenvalue weighted by atomic mass is 10.0. The van der Waals surface area contributed by atoms with Crippen molar-refractivity contribution in [2.24, 2.45) is 13.0 Å². The Labute approximate surface area is 100 Å². The van der Waals surface area contributed by atoms with E-state index in [1.165, 1.54) is 0 Å². The van der Waals surface area contributed by atoms with Crippen molar-refractivity contribution in [3.63, 3.8) is 0 Å². The van der Waals surface area contributed by atoms with E-state index in [1.807, 2.05) is 0 Å². The van der Waals surface area contributed by atoms with Gasteiger partial charge >= 0.3 is 5.97 Å². The van der Waals surface area contributed by atoms with E-state index in [-0.39, 0.29) is 5.97 Å². The summed E-state index contributed by atoms with van der Waals surface area (Å²) < 4.78 is 12.2. The van der Waals surface area contributed by atoms with Gasteiger partial charge in [0.05, 0.1) is 12.3 Å². The number of anilines is 1. The number of carbonyl (C=O) groups excluding carboxylic acids is 1. The molecule has 0 radical (unpaired) electrons. The van der Waals surface area contributed by atoms with Gasteiger partial charge in [0.25, 0.3) is 0 Å². The minimum atomic E-state index is -0.310. The first-order valence-electron chi connectivity index (χ1n) is 5.83. The lowest BCUT2D eigenvalue weighted by molar-refractivity contribution is 0.0179. The maximum atomic E-state index is 11.8. The van der Waals surface area contributed by atoms with E-state index in [4.69, 9.17) is 15.2 Å². The predicted molar refractivity (Wildman–Crippen MR) is 63.7 cm³/mol. The molecule has 2 heterocycles. The third-order valence-electron chi connectivity index (χ3n) is 3.03. The van der Waals surface area contributed by atoms with Crippen LogP contribution in [0.1, 0.15) is 23.3 Å². The van der Waals surface area contributed by atoms with Crippen LogP contribution in [0.4, 0.5) is 5.69 Å². The fraction of sp³-hybridized carbons (Fsp3) is 0.583. The molecule has 1 aliphatic heterocycles. The molecular weight excluding hydrogens is 220 g/mol. The van der Waals surface area contributed by atoms with Gasteiger partial charge in [-0.1, -0.05) is 0 Å². The van der Waals surface area contributed by atoms with Gasteiger partial charge in [0.2, 0.25) is 0 Å². The Balaban J connectivity index is 1.86. The first kappa shape index (κ1) is 12.0. The summed E-state index contributed by atoms with van der Waals surface area (Å²) in [6.07, 6.45) is 3.62. The summed E-state index contributed by atoms with van der Waals surface area (Å²) in [5.41, 5.74) is 6.68. The van der Waals surface area contributed by atoms with E-state index >= 15 is 0 Å². The minimum absolute atomic E-state index is 0.310. The standard InChI is InChI=1S/C12H18N2O3/c1-14-7-10(13)6-11(14)12(15)17-8-9-2-4-16-5-3-9/h6-7,9H,2-5,8,13H2,1H3. The van der Waals surface area contributed by atoms with E-state index in [9.17, 15) is 4.79 Å². The zero-order valence-corrected chi connectivity index (χ0v) is 10.0. The van der Waals surface area contributed by atoms with Gasteiger partial charge < -0.3 is 19.8 Å². The van der Waals surface area contributed by atoms with Crippen molar-refractivity contribution in [1.29, 1.82) is 0 Å². The molecule has 0 bridgehead atoms. The quantitative estimate of drug-likeness (QED) is 0.803.